The Balaban J connectivity index is 1.74. The van der Waals surface area contributed by atoms with E-state index in [2.05, 4.69) is 29.3 Å². The highest BCUT2D eigenvalue weighted by molar-refractivity contribution is 5.86. The average Bonchev–Trinajstić information content (AvgIpc) is 2.83. The summed E-state index contributed by atoms with van der Waals surface area (Å²) in [6.45, 7) is 4.10. The van der Waals surface area contributed by atoms with Crippen molar-refractivity contribution in [3.63, 3.8) is 0 Å². The first-order valence-electron chi connectivity index (χ1n) is 6.25. The van der Waals surface area contributed by atoms with Gasteiger partial charge in [-0.2, -0.15) is 5.10 Å². The van der Waals surface area contributed by atoms with Crippen LogP contribution in [0.2, 0.25) is 0 Å². The summed E-state index contributed by atoms with van der Waals surface area (Å²) in [7, 11) is 0. The fourth-order valence-electron chi connectivity index (χ4n) is 2.13. The van der Waals surface area contributed by atoms with Crippen LogP contribution in [-0.2, 0) is 0 Å². The molecule has 100 valence electrons. The number of nitrogens with zero attached hydrogens (tertiary/aromatic N) is 5. The van der Waals surface area contributed by atoms with Gasteiger partial charge in [-0.25, -0.2) is 9.48 Å². The number of aromatic nitrogens is 5. The van der Waals surface area contributed by atoms with Gasteiger partial charge in [-0.15, -0.1) is 5.10 Å². The van der Waals surface area contributed by atoms with Crippen LogP contribution in [0.1, 0.15) is 54.3 Å². The smallest absolute Gasteiger partial charge is 0.338 e. The average molecular weight is 261 g/mol. The molecule has 0 aliphatic heterocycles. The maximum atomic E-state index is 10.8. The molecule has 0 bridgehead atoms. The van der Waals surface area contributed by atoms with E-state index in [-0.39, 0.29) is 17.5 Å². The highest BCUT2D eigenvalue weighted by Gasteiger charge is 2.42. The zero-order chi connectivity index (χ0) is 13.6. The molecule has 1 N–H and O–H groups in total. The van der Waals surface area contributed by atoms with Gasteiger partial charge in [0.05, 0.1) is 23.5 Å². The summed E-state index contributed by atoms with van der Waals surface area (Å²) in [5.74, 6) is -0.664. The second-order valence-corrected chi connectivity index (χ2v) is 5.14. The van der Waals surface area contributed by atoms with Crippen molar-refractivity contribution < 1.29 is 9.90 Å². The Kier molecular flexibility index (Phi) is 2.62. The second kappa shape index (κ2) is 4.18. The van der Waals surface area contributed by atoms with E-state index in [9.17, 15) is 4.79 Å². The molecular formula is C12H15N5O2. The Morgan fingerprint density at radius 1 is 1.47 bits per heavy atom. The number of hydrogen-bond acceptors (Lipinski definition) is 4. The van der Waals surface area contributed by atoms with Gasteiger partial charge >= 0.3 is 5.97 Å². The Labute approximate surface area is 109 Å². The van der Waals surface area contributed by atoms with Crippen LogP contribution in [0.15, 0.2) is 18.6 Å². The molecule has 19 heavy (non-hydrogen) atoms. The highest BCUT2D eigenvalue weighted by Crippen LogP contribution is 2.50. The lowest BCUT2D eigenvalue weighted by Gasteiger charge is -2.01. The molecule has 1 aliphatic rings. The van der Waals surface area contributed by atoms with Crippen molar-refractivity contribution in [2.75, 3.05) is 0 Å². The van der Waals surface area contributed by atoms with Crippen molar-refractivity contribution in [3.8, 4) is 0 Å². The predicted octanol–water partition coefficient (Wildman–Crippen LogP) is 1.48. The Morgan fingerprint density at radius 2 is 2.26 bits per heavy atom. The first-order valence-corrected chi connectivity index (χ1v) is 6.25. The molecule has 2 aromatic heterocycles. The quantitative estimate of drug-likeness (QED) is 0.901. The van der Waals surface area contributed by atoms with Crippen LogP contribution < -0.4 is 0 Å². The van der Waals surface area contributed by atoms with E-state index < -0.39 is 5.97 Å². The number of rotatable bonds is 4. The zero-order valence-corrected chi connectivity index (χ0v) is 10.8. The van der Waals surface area contributed by atoms with E-state index in [0.29, 0.717) is 6.04 Å². The monoisotopic (exact) mass is 261 g/mol. The SMILES string of the molecule is CC(C)n1cc(C2CC2n2cc(C(=O)O)cn2)nn1. The number of aromatic carboxylic acids is 1. The van der Waals surface area contributed by atoms with Crippen LogP contribution in [0.4, 0.5) is 0 Å². The van der Waals surface area contributed by atoms with Gasteiger partial charge in [0, 0.05) is 24.4 Å². The maximum absolute atomic E-state index is 10.8. The lowest BCUT2D eigenvalue weighted by molar-refractivity contribution is 0.0697. The summed E-state index contributed by atoms with van der Waals surface area (Å²) in [5.41, 5.74) is 1.17. The fourth-order valence-corrected chi connectivity index (χ4v) is 2.13. The summed E-state index contributed by atoms with van der Waals surface area (Å²) in [6.07, 6.45) is 5.83. The summed E-state index contributed by atoms with van der Waals surface area (Å²) in [5, 5.41) is 21.2. The topological polar surface area (TPSA) is 85.8 Å². The normalized spacial score (nSPS) is 21.8. The van der Waals surface area contributed by atoms with E-state index in [4.69, 9.17) is 5.11 Å². The second-order valence-electron chi connectivity index (χ2n) is 5.14. The first-order chi connectivity index (χ1) is 9.06. The van der Waals surface area contributed by atoms with Crippen LogP contribution in [-0.4, -0.2) is 35.9 Å². The number of hydrogen-bond donors (Lipinski definition) is 1. The Morgan fingerprint density at radius 3 is 2.84 bits per heavy atom. The molecule has 7 heteroatoms. The molecular weight excluding hydrogens is 246 g/mol. The molecule has 0 radical (unpaired) electrons. The minimum Gasteiger partial charge on any atom is -0.478 e. The highest BCUT2D eigenvalue weighted by atomic mass is 16.4. The largest absolute Gasteiger partial charge is 0.478 e. The molecule has 3 rings (SSSR count). The molecule has 1 saturated carbocycles. The van der Waals surface area contributed by atoms with E-state index in [1.54, 1.807) is 10.9 Å². The molecule has 0 aromatic carbocycles. The lowest BCUT2D eigenvalue weighted by Crippen LogP contribution is -2.00. The Bertz CT molecular complexity index is 615. The Hall–Kier alpha value is -2.18. The minimum absolute atomic E-state index is 0.199. The molecule has 0 spiro atoms. The summed E-state index contributed by atoms with van der Waals surface area (Å²) < 4.78 is 3.54. The maximum Gasteiger partial charge on any atom is 0.338 e. The summed E-state index contributed by atoms with van der Waals surface area (Å²) >= 11 is 0. The van der Waals surface area contributed by atoms with Crippen LogP contribution in [0.25, 0.3) is 0 Å². The van der Waals surface area contributed by atoms with Crippen molar-refractivity contribution in [2.24, 2.45) is 0 Å². The third kappa shape index (κ3) is 2.11. The van der Waals surface area contributed by atoms with E-state index in [1.165, 1.54) is 6.20 Å². The third-order valence-electron chi connectivity index (χ3n) is 3.38. The molecule has 7 nitrogen and oxygen atoms in total. The summed E-state index contributed by atoms with van der Waals surface area (Å²) in [4.78, 5) is 10.8. The van der Waals surface area contributed by atoms with Crippen molar-refractivity contribution in [3.05, 3.63) is 29.8 Å². The molecule has 0 saturated heterocycles. The summed E-state index contributed by atoms with van der Waals surface area (Å²) in [6, 6.07) is 0.493. The minimum atomic E-state index is -0.950. The van der Waals surface area contributed by atoms with Crippen molar-refractivity contribution in [1.82, 2.24) is 24.8 Å². The van der Waals surface area contributed by atoms with E-state index >= 15 is 0 Å². The van der Waals surface area contributed by atoms with Crippen LogP contribution in [0.3, 0.4) is 0 Å². The van der Waals surface area contributed by atoms with Crippen molar-refractivity contribution in [1.29, 1.82) is 0 Å². The van der Waals surface area contributed by atoms with Gasteiger partial charge in [0.25, 0.3) is 0 Å². The molecule has 2 atom stereocenters. The van der Waals surface area contributed by atoms with Crippen molar-refractivity contribution >= 4 is 5.97 Å². The number of carboxylic acid groups (broad SMARTS) is 1. The lowest BCUT2D eigenvalue weighted by atomic mass is 10.3. The fraction of sp³-hybridized carbons (Fsp3) is 0.500. The van der Waals surface area contributed by atoms with Gasteiger partial charge in [-0.05, 0) is 20.3 Å². The zero-order valence-electron chi connectivity index (χ0n) is 10.8. The molecule has 1 aliphatic carbocycles. The van der Waals surface area contributed by atoms with Gasteiger partial charge in [-0.1, -0.05) is 5.21 Å². The number of carbonyl (C=O) groups is 1. The standard InChI is InChI=1S/C12H15N5O2/c1-7(2)16-6-10(14-15-16)9-3-11(9)17-5-8(4-13-17)12(18)19/h4-7,9,11H,3H2,1-2H3,(H,18,19). The van der Waals surface area contributed by atoms with Crippen LogP contribution in [0, 0.1) is 0 Å². The predicted molar refractivity (Wildman–Crippen MR) is 66.0 cm³/mol. The van der Waals surface area contributed by atoms with E-state index in [1.807, 2.05) is 10.9 Å². The molecule has 1 fully saturated rings. The third-order valence-corrected chi connectivity index (χ3v) is 3.38. The molecule has 2 unspecified atom stereocenters. The van der Waals surface area contributed by atoms with Gasteiger partial charge in [0.15, 0.2) is 0 Å². The molecule has 2 aromatic rings. The van der Waals surface area contributed by atoms with Gasteiger partial charge in [-0.3, -0.25) is 4.68 Å². The van der Waals surface area contributed by atoms with Crippen molar-refractivity contribution in [2.45, 2.75) is 38.3 Å². The van der Waals surface area contributed by atoms with Crippen LogP contribution in [0.5, 0.6) is 0 Å². The van der Waals surface area contributed by atoms with Gasteiger partial charge < -0.3 is 5.11 Å². The molecule has 0 amide bonds. The van der Waals surface area contributed by atoms with Crippen LogP contribution >= 0.6 is 0 Å². The molecule has 2 heterocycles. The van der Waals surface area contributed by atoms with E-state index in [0.717, 1.165) is 12.1 Å². The number of carboxylic acids is 1. The first kappa shape index (κ1) is 11.9. The van der Waals surface area contributed by atoms with Gasteiger partial charge in [0.2, 0.25) is 0 Å². The van der Waals surface area contributed by atoms with Gasteiger partial charge in [0.1, 0.15) is 0 Å².